The fraction of sp³-hybridized carbons (Fsp3) is 0.214. The van der Waals surface area contributed by atoms with E-state index in [1.165, 1.54) is 0 Å². The summed E-state index contributed by atoms with van der Waals surface area (Å²) in [4.78, 5) is 27.3. The van der Waals surface area contributed by atoms with Crippen LogP contribution in [0.2, 0.25) is 0 Å². The first kappa shape index (κ1) is 11.6. The minimum Gasteiger partial charge on any atom is -0.355 e. The Kier molecular flexibility index (Phi) is 2.87. The standard InChI is InChI=1S/C14H13N3O2/c18-13-6-10(8-16-13)14(19)17-12-3-1-2-9-7-15-5-4-11(9)12/h1-5,7,10H,6,8H2,(H,16,18)(H,17,19). The molecule has 2 N–H and O–H groups in total. The van der Waals surface area contributed by atoms with Crippen molar-refractivity contribution in [3.63, 3.8) is 0 Å². The van der Waals surface area contributed by atoms with Crippen molar-refractivity contribution in [2.24, 2.45) is 5.92 Å². The van der Waals surface area contributed by atoms with Crippen LogP contribution in [0.25, 0.3) is 10.8 Å². The second-order valence-electron chi connectivity index (χ2n) is 4.60. The van der Waals surface area contributed by atoms with Crippen LogP contribution in [0.1, 0.15) is 6.42 Å². The van der Waals surface area contributed by atoms with E-state index in [1.54, 1.807) is 12.4 Å². The largest absolute Gasteiger partial charge is 0.355 e. The number of anilines is 1. The first-order valence-corrected chi connectivity index (χ1v) is 6.14. The zero-order chi connectivity index (χ0) is 13.2. The molecule has 1 unspecified atom stereocenters. The molecule has 5 nitrogen and oxygen atoms in total. The van der Waals surface area contributed by atoms with Gasteiger partial charge in [-0.2, -0.15) is 0 Å². The number of benzene rings is 1. The fourth-order valence-electron chi connectivity index (χ4n) is 2.26. The van der Waals surface area contributed by atoms with Gasteiger partial charge in [0.15, 0.2) is 0 Å². The van der Waals surface area contributed by atoms with Gasteiger partial charge in [0, 0.05) is 41.8 Å². The third kappa shape index (κ3) is 2.27. The summed E-state index contributed by atoms with van der Waals surface area (Å²) in [6.07, 6.45) is 3.71. The number of hydrogen-bond acceptors (Lipinski definition) is 3. The molecule has 2 aromatic rings. The molecular formula is C14H13N3O2. The maximum absolute atomic E-state index is 12.1. The molecule has 1 aromatic carbocycles. The Morgan fingerprint density at radius 3 is 3.05 bits per heavy atom. The lowest BCUT2D eigenvalue weighted by molar-refractivity contribution is -0.123. The smallest absolute Gasteiger partial charge is 0.229 e. The van der Waals surface area contributed by atoms with Gasteiger partial charge in [-0.15, -0.1) is 0 Å². The first-order valence-electron chi connectivity index (χ1n) is 6.14. The summed E-state index contributed by atoms with van der Waals surface area (Å²) in [5, 5.41) is 7.47. The van der Waals surface area contributed by atoms with Crippen molar-refractivity contribution in [1.82, 2.24) is 10.3 Å². The molecule has 3 rings (SSSR count). The normalized spacial score (nSPS) is 18.3. The van der Waals surface area contributed by atoms with Gasteiger partial charge in [-0.05, 0) is 12.1 Å². The lowest BCUT2D eigenvalue weighted by atomic mass is 10.1. The van der Waals surface area contributed by atoms with Crippen LogP contribution >= 0.6 is 0 Å². The Balaban J connectivity index is 1.85. The maximum Gasteiger partial charge on any atom is 0.229 e. The Labute approximate surface area is 110 Å². The van der Waals surface area contributed by atoms with E-state index >= 15 is 0 Å². The molecule has 1 aliphatic rings. The average molecular weight is 255 g/mol. The summed E-state index contributed by atoms with van der Waals surface area (Å²) in [6.45, 7) is 0.414. The number of pyridine rings is 1. The molecule has 2 amide bonds. The summed E-state index contributed by atoms with van der Waals surface area (Å²) in [7, 11) is 0. The van der Waals surface area contributed by atoms with E-state index < -0.39 is 0 Å². The zero-order valence-corrected chi connectivity index (χ0v) is 10.2. The molecule has 1 aromatic heterocycles. The van der Waals surface area contributed by atoms with Gasteiger partial charge in [-0.3, -0.25) is 14.6 Å². The van der Waals surface area contributed by atoms with Crippen molar-refractivity contribution >= 4 is 28.3 Å². The number of nitrogens with zero attached hydrogens (tertiary/aromatic N) is 1. The van der Waals surface area contributed by atoms with Gasteiger partial charge >= 0.3 is 0 Å². The van der Waals surface area contributed by atoms with Crippen LogP contribution < -0.4 is 10.6 Å². The van der Waals surface area contributed by atoms with E-state index in [9.17, 15) is 9.59 Å². The molecule has 0 radical (unpaired) electrons. The van der Waals surface area contributed by atoms with Gasteiger partial charge in [0.05, 0.1) is 5.92 Å². The SMILES string of the molecule is O=C1CC(C(=O)Nc2cccc3cnccc23)CN1. The number of carbonyl (C=O) groups is 2. The quantitative estimate of drug-likeness (QED) is 0.850. The van der Waals surface area contributed by atoms with Gasteiger partial charge in [0.2, 0.25) is 11.8 Å². The molecule has 1 atom stereocenters. The van der Waals surface area contributed by atoms with E-state index in [-0.39, 0.29) is 24.2 Å². The van der Waals surface area contributed by atoms with Crippen LogP contribution in [0, 0.1) is 5.92 Å². The second kappa shape index (κ2) is 4.68. The summed E-state index contributed by atoms with van der Waals surface area (Å²) in [6, 6.07) is 7.53. The van der Waals surface area contributed by atoms with E-state index in [4.69, 9.17) is 0 Å². The maximum atomic E-state index is 12.1. The molecule has 0 saturated carbocycles. The van der Waals surface area contributed by atoms with Crippen LogP contribution in [0.4, 0.5) is 5.69 Å². The molecule has 0 spiro atoms. The van der Waals surface area contributed by atoms with Crippen LogP contribution in [0.15, 0.2) is 36.7 Å². The van der Waals surface area contributed by atoms with E-state index in [0.29, 0.717) is 6.54 Å². The highest BCUT2D eigenvalue weighted by atomic mass is 16.2. The number of carbonyl (C=O) groups excluding carboxylic acids is 2. The van der Waals surface area contributed by atoms with Crippen LogP contribution in [-0.2, 0) is 9.59 Å². The molecule has 0 bridgehead atoms. The number of amides is 2. The Hall–Kier alpha value is -2.43. The molecule has 19 heavy (non-hydrogen) atoms. The third-order valence-electron chi connectivity index (χ3n) is 3.29. The topological polar surface area (TPSA) is 71.1 Å². The summed E-state index contributed by atoms with van der Waals surface area (Å²) >= 11 is 0. The van der Waals surface area contributed by atoms with Crippen LogP contribution in [-0.4, -0.2) is 23.3 Å². The average Bonchev–Trinajstić information content (AvgIpc) is 2.86. The molecule has 1 saturated heterocycles. The van der Waals surface area contributed by atoms with Crippen molar-refractivity contribution in [1.29, 1.82) is 0 Å². The van der Waals surface area contributed by atoms with Crippen molar-refractivity contribution in [2.75, 3.05) is 11.9 Å². The fourth-order valence-corrected chi connectivity index (χ4v) is 2.26. The zero-order valence-electron chi connectivity index (χ0n) is 10.2. The number of nitrogens with one attached hydrogen (secondary N) is 2. The minimum absolute atomic E-state index is 0.0673. The molecule has 1 aliphatic heterocycles. The molecule has 5 heteroatoms. The number of aromatic nitrogens is 1. The van der Waals surface area contributed by atoms with Gasteiger partial charge < -0.3 is 10.6 Å². The monoisotopic (exact) mass is 255 g/mol. The second-order valence-corrected chi connectivity index (χ2v) is 4.60. The van der Waals surface area contributed by atoms with Crippen molar-refractivity contribution < 1.29 is 9.59 Å². The van der Waals surface area contributed by atoms with Crippen LogP contribution in [0.5, 0.6) is 0 Å². The van der Waals surface area contributed by atoms with Crippen molar-refractivity contribution in [3.8, 4) is 0 Å². The van der Waals surface area contributed by atoms with Gasteiger partial charge in [0.1, 0.15) is 0 Å². The van der Waals surface area contributed by atoms with E-state index in [0.717, 1.165) is 16.5 Å². The Morgan fingerprint density at radius 2 is 2.26 bits per heavy atom. The Bertz CT molecular complexity index is 649. The Morgan fingerprint density at radius 1 is 1.37 bits per heavy atom. The number of hydrogen-bond donors (Lipinski definition) is 2. The highest BCUT2D eigenvalue weighted by molar-refractivity contribution is 6.04. The summed E-state index contributed by atoms with van der Waals surface area (Å²) in [5.41, 5.74) is 0.754. The highest BCUT2D eigenvalue weighted by Gasteiger charge is 2.28. The lowest BCUT2D eigenvalue weighted by Gasteiger charge is -2.11. The minimum atomic E-state index is -0.287. The third-order valence-corrected chi connectivity index (χ3v) is 3.29. The van der Waals surface area contributed by atoms with Gasteiger partial charge in [-0.25, -0.2) is 0 Å². The van der Waals surface area contributed by atoms with Gasteiger partial charge in [-0.1, -0.05) is 12.1 Å². The summed E-state index contributed by atoms with van der Waals surface area (Å²) < 4.78 is 0. The molecule has 2 heterocycles. The predicted molar refractivity (Wildman–Crippen MR) is 71.5 cm³/mol. The van der Waals surface area contributed by atoms with E-state index in [2.05, 4.69) is 15.6 Å². The molecule has 1 fully saturated rings. The van der Waals surface area contributed by atoms with Crippen LogP contribution in [0.3, 0.4) is 0 Å². The molecule has 0 aliphatic carbocycles. The summed E-state index contributed by atoms with van der Waals surface area (Å²) in [5.74, 6) is -0.477. The highest BCUT2D eigenvalue weighted by Crippen LogP contribution is 2.23. The van der Waals surface area contributed by atoms with Crippen molar-refractivity contribution in [3.05, 3.63) is 36.7 Å². The van der Waals surface area contributed by atoms with Crippen molar-refractivity contribution in [2.45, 2.75) is 6.42 Å². The molecular weight excluding hydrogens is 242 g/mol. The molecule has 96 valence electrons. The lowest BCUT2D eigenvalue weighted by Crippen LogP contribution is -2.24. The number of rotatable bonds is 2. The predicted octanol–water partition coefficient (Wildman–Crippen LogP) is 1.31. The first-order chi connectivity index (χ1) is 9.24. The van der Waals surface area contributed by atoms with Gasteiger partial charge in [0.25, 0.3) is 0 Å². The van der Waals surface area contributed by atoms with E-state index in [1.807, 2.05) is 24.3 Å². The number of fused-ring (bicyclic) bond motifs is 1.